The van der Waals surface area contributed by atoms with E-state index in [1.165, 1.54) is 16.5 Å². The summed E-state index contributed by atoms with van der Waals surface area (Å²) in [4.78, 5) is 21.1. The van der Waals surface area contributed by atoms with Crippen molar-refractivity contribution in [2.75, 3.05) is 39.4 Å². The predicted molar refractivity (Wildman–Crippen MR) is 161 cm³/mol. The Morgan fingerprint density at radius 1 is 1.03 bits per heavy atom. The van der Waals surface area contributed by atoms with E-state index in [2.05, 4.69) is 100 Å². The molecule has 1 aromatic heterocycles. The van der Waals surface area contributed by atoms with Gasteiger partial charge in [-0.05, 0) is 53.5 Å². The maximum Gasteiger partial charge on any atom is 0.237 e. The van der Waals surface area contributed by atoms with Gasteiger partial charge in [0.15, 0.2) is 0 Å². The molecule has 0 bridgehead atoms. The van der Waals surface area contributed by atoms with Crippen molar-refractivity contribution in [1.82, 2.24) is 14.8 Å². The molecule has 0 fully saturated rings. The number of nitrogens with zero attached hydrogens (tertiary/aromatic N) is 2. The summed E-state index contributed by atoms with van der Waals surface area (Å²) in [6.45, 7) is 16.5. The summed E-state index contributed by atoms with van der Waals surface area (Å²) in [6.07, 6.45) is 3.13. The van der Waals surface area contributed by atoms with Crippen molar-refractivity contribution in [2.45, 2.75) is 72.4 Å². The monoisotopic (exact) mass is 535 g/mol. The van der Waals surface area contributed by atoms with Crippen LogP contribution in [0.2, 0.25) is 0 Å². The van der Waals surface area contributed by atoms with Gasteiger partial charge in [-0.25, -0.2) is 0 Å². The van der Waals surface area contributed by atoms with Crippen molar-refractivity contribution in [2.24, 2.45) is 5.92 Å². The van der Waals surface area contributed by atoms with Gasteiger partial charge in [-0.2, -0.15) is 0 Å². The second kappa shape index (κ2) is 14.6. The number of hydrogen-bond acceptors (Lipinski definition) is 4. The largest absolute Gasteiger partial charge is 0.389 e. The molecule has 0 saturated carbocycles. The highest BCUT2D eigenvalue weighted by atomic mass is 16.5. The number of aliphatic hydroxyl groups excluding tert-OH is 1. The standard InChI is InChI=1S/C33H49N3O3/c1-7-17-35(21-29(37)24-39-23-25(2)3)22-32(38)36(20-26-12-14-28(15-13-26)33(4,5)6)18-16-27-19-34-31-11-9-8-10-30(27)31/h8-15,19,25,29,34,37H,7,16-18,20-24H2,1-6H3/t29-/m1/s1. The van der Waals surface area contributed by atoms with E-state index >= 15 is 0 Å². The lowest BCUT2D eigenvalue weighted by molar-refractivity contribution is -0.133. The van der Waals surface area contributed by atoms with Crippen LogP contribution in [-0.4, -0.2) is 71.3 Å². The number of carbonyl (C=O) groups is 1. The number of amides is 1. The van der Waals surface area contributed by atoms with Crippen LogP contribution in [0.25, 0.3) is 10.9 Å². The third-order valence-electron chi connectivity index (χ3n) is 7.00. The van der Waals surface area contributed by atoms with Gasteiger partial charge in [-0.1, -0.05) is 84.0 Å². The van der Waals surface area contributed by atoms with Crippen LogP contribution in [0.15, 0.2) is 54.7 Å². The molecule has 0 spiro atoms. The highest BCUT2D eigenvalue weighted by Crippen LogP contribution is 2.23. The minimum Gasteiger partial charge on any atom is -0.389 e. The first-order valence-corrected chi connectivity index (χ1v) is 14.5. The molecule has 0 saturated heterocycles. The fraction of sp³-hybridized carbons (Fsp3) is 0.545. The average Bonchev–Trinajstić information content (AvgIpc) is 3.29. The molecular formula is C33H49N3O3. The number of ether oxygens (including phenoxy) is 1. The summed E-state index contributed by atoms with van der Waals surface area (Å²) >= 11 is 0. The van der Waals surface area contributed by atoms with E-state index in [0.717, 1.165) is 30.5 Å². The van der Waals surface area contributed by atoms with Crippen molar-refractivity contribution in [3.8, 4) is 0 Å². The van der Waals surface area contributed by atoms with Gasteiger partial charge in [0.25, 0.3) is 0 Å². The van der Waals surface area contributed by atoms with Gasteiger partial charge < -0.3 is 19.7 Å². The van der Waals surface area contributed by atoms with Crippen LogP contribution in [-0.2, 0) is 27.9 Å². The summed E-state index contributed by atoms with van der Waals surface area (Å²) < 4.78 is 5.64. The molecule has 39 heavy (non-hydrogen) atoms. The van der Waals surface area contributed by atoms with Crippen LogP contribution in [0.4, 0.5) is 0 Å². The van der Waals surface area contributed by atoms with Gasteiger partial charge >= 0.3 is 0 Å². The molecule has 3 rings (SSSR count). The quantitative estimate of drug-likeness (QED) is 0.259. The zero-order valence-corrected chi connectivity index (χ0v) is 24.9. The van der Waals surface area contributed by atoms with Crippen LogP contribution in [0.1, 0.15) is 64.7 Å². The molecule has 2 aromatic carbocycles. The zero-order chi connectivity index (χ0) is 28.4. The van der Waals surface area contributed by atoms with Crippen LogP contribution < -0.4 is 0 Å². The lowest BCUT2D eigenvalue weighted by Gasteiger charge is -2.29. The smallest absolute Gasteiger partial charge is 0.237 e. The van der Waals surface area contributed by atoms with Gasteiger partial charge in [-0.15, -0.1) is 0 Å². The number of fused-ring (bicyclic) bond motifs is 1. The average molecular weight is 536 g/mol. The molecule has 2 N–H and O–H groups in total. The highest BCUT2D eigenvalue weighted by Gasteiger charge is 2.21. The number of hydrogen-bond donors (Lipinski definition) is 2. The minimum absolute atomic E-state index is 0.0819. The lowest BCUT2D eigenvalue weighted by Crippen LogP contribution is -2.44. The molecular weight excluding hydrogens is 486 g/mol. The molecule has 6 nitrogen and oxygen atoms in total. The van der Waals surface area contributed by atoms with Gasteiger partial charge in [-0.3, -0.25) is 9.69 Å². The maximum atomic E-state index is 13.7. The Hall–Kier alpha value is -2.67. The van der Waals surface area contributed by atoms with Crippen molar-refractivity contribution < 1.29 is 14.6 Å². The first-order valence-electron chi connectivity index (χ1n) is 14.5. The van der Waals surface area contributed by atoms with Gasteiger partial charge in [0.1, 0.15) is 0 Å². The Morgan fingerprint density at radius 2 is 1.74 bits per heavy atom. The van der Waals surface area contributed by atoms with Crippen molar-refractivity contribution in [3.63, 3.8) is 0 Å². The molecule has 0 aliphatic carbocycles. The second-order valence-electron chi connectivity index (χ2n) is 12.2. The Labute approximate surface area is 235 Å². The zero-order valence-electron chi connectivity index (χ0n) is 24.9. The Balaban J connectivity index is 1.72. The Morgan fingerprint density at radius 3 is 2.41 bits per heavy atom. The first kappa shape index (κ1) is 30.9. The molecule has 0 unspecified atom stereocenters. The van der Waals surface area contributed by atoms with Crippen LogP contribution >= 0.6 is 0 Å². The normalized spacial score (nSPS) is 12.9. The molecule has 1 amide bonds. The molecule has 6 heteroatoms. The molecule has 0 aliphatic heterocycles. The highest BCUT2D eigenvalue weighted by molar-refractivity contribution is 5.83. The van der Waals surface area contributed by atoms with Gasteiger partial charge in [0.05, 0.1) is 19.3 Å². The number of para-hydroxylation sites is 1. The van der Waals surface area contributed by atoms with Crippen LogP contribution in [0.5, 0.6) is 0 Å². The lowest BCUT2D eigenvalue weighted by atomic mass is 9.87. The number of benzene rings is 2. The Bertz CT molecular complexity index is 1150. The van der Waals surface area contributed by atoms with E-state index in [-0.39, 0.29) is 24.5 Å². The van der Waals surface area contributed by atoms with Crippen molar-refractivity contribution >= 4 is 16.8 Å². The third kappa shape index (κ3) is 9.79. The van der Waals surface area contributed by atoms with Crippen LogP contribution in [0, 0.1) is 5.92 Å². The van der Waals surface area contributed by atoms with E-state index in [1.807, 2.05) is 11.0 Å². The topological polar surface area (TPSA) is 68.8 Å². The Kier molecular flexibility index (Phi) is 11.6. The van der Waals surface area contributed by atoms with E-state index in [1.54, 1.807) is 0 Å². The fourth-order valence-electron chi connectivity index (χ4n) is 4.85. The summed E-state index contributed by atoms with van der Waals surface area (Å²) in [5.41, 5.74) is 4.83. The maximum absolute atomic E-state index is 13.7. The van der Waals surface area contributed by atoms with E-state index in [4.69, 9.17) is 4.74 Å². The number of aromatic nitrogens is 1. The summed E-state index contributed by atoms with van der Waals surface area (Å²) in [5, 5.41) is 11.8. The molecule has 1 heterocycles. The number of rotatable bonds is 15. The van der Waals surface area contributed by atoms with E-state index in [9.17, 15) is 9.90 Å². The summed E-state index contributed by atoms with van der Waals surface area (Å²) in [6, 6.07) is 16.9. The van der Waals surface area contributed by atoms with Gasteiger partial charge in [0, 0.05) is 43.3 Å². The first-order chi connectivity index (χ1) is 18.6. The number of nitrogens with one attached hydrogen (secondary N) is 1. The number of aliphatic hydroxyl groups is 1. The number of H-pyrrole nitrogens is 1. The molecule has 214 valence electrons. The molecule has 3 aromatic rings. The van der Waals surface area contributed by atoms with Crippen molar-refractivity contribution in [3.05, 3.63) is 71.4 Å². The van der Waals surface area contributed by atoms with E-state index in [0.29, 0.717) is 32.2 Å². The fourth-order valence-corrected chi connectivity index (χ4v) is 4.85. The third-order valence-corrected chi connectivity index (χ3v) is 7.00. The second-order valence-corrected chi connectivity index (χ2v) is 12.2. The molecule has 0 radical (unpaired) electrons. The number of carbonyl (C=O) groups excluding carboxylic acids is 1. The summed E-state index contributed by atoms with van der Waals surface area (Å²) in [7, 11) is 0. The van der Waals surface area contributed by atoms with Crippen LogP contribution in [0.3, 0.4) is 0 Å². The summed E-state index contributed by atoms with van der Waals surface area (Å²) in [5.74, 6) is 0.507. The molecule has 1 atom stereocenters. The minimum atomic E-state index is -0.618. The van der Waals surface area contributed by atoms with Gasteiger partial charge in [0.2, 0.25) is 5.91 Å². The number of aromatic amines is 1. The predicted octanol–water partition coefficient (Wildman–Crippen LogP) is 5.78. The SMILES string of the molecule is CCCN(CC(=O)N(CCc1c[nH]c2ccccc12)Cc1ccc(C(C)(C)C)cc1)C[C@@H](O)COCC(C)C. The van der Waals surface area contributed by atoms with E-state index < -0.39 is 6.10 Å². The van der Waals surface area contributed by atoms with Crippen molar-refractivity contribution in [1.29, 1.82) is 0 Å². The molecule has 0 aliphatic rings.